The van der Waals surface area contributed by atoms with Gasteiger partial charge in [-0.25, -0.2) is 18.1 Å². The van der Waals surface area contributed by atoms with Gasteiger partial charge in [0, 0.05) is 11.6 Å². The van der Waals surface area contributed by atoms with Gasteiger partial charge >= 0.3 is 6.18 Å². The van der Waals surface area contributed by atoms with E-state index in [0.717, 1.165) is 10.7 Å². The smallest absolute Gasteiger partial charge is 0.405 e. The molecule has 0 aliphatic heterocycles. The first-order chi connectivity index (χ1) is 20.4. The number of benzene rings is 2. The number of halogens is 6. The molecular formula is C26H23ClF5N7O4. The summed E-state index contributed by atoms with van der Waals surface area (Å²) in [6.07, 6.45) is -3.36. The molecule has 0 bridgehead atoms. The van der Waals surface area contributed by atoms with E-state index in [-0.39, 0.29) is 53.4 Å². The maximum Gasteiger partial charge on any atom is 0.405 e. The van der Waals surface area contributed by atoms with Gasteiger partial charge in [0.1, 0.15) is 42.9 Å². The molecule has 2 aromatic carbocycles. The number of nitrogens with zero attached hydrogens (tertiary/aromatic N) is 5. The predicted octanol–water partition coefficient (Wildman–Crippen LogP) is 4.46. The highest BCUT2D eigenvalue weighted by molar-refractivity contribution is 6.30. The fourth-order valence-electron chi connectivity index (χ4n) is 3.68. The highest BCUT2D eigenvalue weighted by atomic mass is 35.5. The van der Waals surface area contributed by atoms with Crippen LogP contribution in [0.2, 0.25) is 5.02 Å². The van der Waals surface area contributed by atoms with Crippen LogP contribution in [0.5, 0.6) is 5.75 Å². The van der Waals surface area contributed by atoms with Crippen LogP contribution in [0.1, 0.15) is 26.5 Å². The highest BCUT2D eigenvalue weighted by Gasteiger charge is 2.28. The molecule has 0 fully saturated rings. The Morgan fingerprint density at radius 2 is 1.84 bits per heavy atom. The lowest BCUT2D eigenvalue weighted by Crippen LogP contribution is -2.33. The summed E-state index contributed by atoms with van der Waals surface area (Å²) in [7, 11) is 0. The molecule has 0 spiro atoms. The fourth-order valence-corrected chi connectivity index (χ4v) is 3.85. The molecule has 17 heteroatoms. The maximum atomic E-state index is 13.6. The second kappa shape index (κ2) is 13.6. The first-order valence-corrected chi connectivity index (χ1v) is 12.8. The summed E-state index contributed by atoms with van der Waals surface area (Å²) in [5, 5.41) is 16.4. The van der Waals surface area contributed by atoms with E-state index in [2.05, 4.69) is 20.7 Å². The van der Waals surface area contributed by atoms with Gasteiger partial charge in [-0.2, -0.15) is 18.3 Å². The van der Waals surface area contributed by atoms with Crippen molar-refractivity contribution in [2.75, 3.05) is 38.4 Å². The monoisotopic (exact) mass is 627 g/mol. The second-order valence-electron chi connectivity index (χ2n) is 8.81. The lowest BCUT2D eigenvalue weighted by atomic mass is 10.1. The molecule has 4 rings (SSSR count). The average molecular weight is 628 g/mol. The van der Waals surface area contributed by atoms with Gasteiger partial charge in [-0.05, 0) is 43.3 Å². The number of anilines is 1. The average Bonchev–Trinajstić information content (AvgIpc) is 3.59. The Labute approximate surface area is 245 Å². The number of carbonyl (C=O) groups excluding carboxylic acids is 2. The molecule has 228 valence electrons. The molecule has 2 N–H and O–H groups in total. The van der Waals surface area contributed by atoms with Gasteiger partial charge in [-0.15, -0.1) is 5.10 Å². The largest absolute Gasteiger partial charge is 0.489 e. The third-order valence-electron chi connectivity index (χ3n) is 5.57. The summed E-state index contributed by atoms with van der Waals surface area (Å²) >= 11 is 5.89. The minimum absolute atomic E-state index is 0.00209. The molecule has 2 amide bonds. The Balaban J connectivity index is 1.56. The Kier molecular flexibility index (Phi) is 9.92. The summed E-state index contributed by atoms with van der Waals surface area (Å²) in [4.78, 5) is 25.3. The molecule has 0 unspecified atom stereocenters. The number of amides is 2. The van der Waals surface area contributed by atoms with Crippen molar-refractivity contribution in [3.63, 3.8) is 0 Å². The zero-order valence-electron chi connectivity index (χ0n) is 22.3. The predicted molar refractivity (Wildman–Crippen MR) is 143 cm³/mol. The van der Waals surface area contributed by atoms with Crippen molar-refractivity contribution in [3.05, 3.63) is 76.5 Å². The molecule has 43 heavy (non-hydrogen) atoms. The summed E-state index contributed by atoms with van der Waals surface area (Å²) in [5.74, 6) is -2.09. The number of rotatable bonds is 12. The quantitative estimate of drug-likeness (QED) is 0.175. The molecule has 2 heterocycles. The summed E-state index contributed by atoms with van der Waals surface area (Å²) in [6, 6.07) is 9.26. The van der Waals surface area contributed by atoms with Crippen LogP contribution in [-0.4, -0.2) is 75.8 Å². The maximum absolute atomic E-state index is 13.6. The van der Waals surface area contributed by atoms with Gasteiger partial charge in [0.15, 0.2) is 5.69 Å². The minimum atomic E-state index is -4.61. The third kappa shape index (κ3) is 8.26. The van der Waals surface area contributed by atoms with Crippen molar-refractivity contribution in [2.45, 2.75) is 13.1 Å². The van der Waals surface area contributed by atoms with E-state index in [4.69, 9.17) is 21.1 Å². The molecular weight excluding hydrogens is 605 g/mol. The second-order valence-corrected chi connectivity index (χ2v) is 9.22. The number of aromatic nitrogens is 5. The van der Waals surface area contributed by atoms with E-state index in [1.54, 1.807) is 18.3 Å². The lowest BCUT2D eigenvalue weighted by Gasteiger charge is -2.14. The van der Waals surface area contributed by atoms with Gasteiger partial charge in [0.25, 0.3) is 11.8 Å². The molecule has 4 aromatic rings. The van der Waals surface area contributed by atoms with E-state index in [1.165, 1.54) is 41.2 Å². The van der Waals surface area contributed by atoms with Crippen molar-refractivity contribution < 1.29 is 41.0 Å². The van der Waals surface area contributed by atoms with E-state index in [0.29, 0.717) is 11.4 Å². The van der Waals surface area contributed by atoms with Crippen LogP contribution in [0.4, 0.5) is 27.8 Å². The normalized spacial score (nSPS) is 11.4. The van der Waals surface area contributed by atoms with Gasteiger partial charge in [-0.1, -0.05) is 16.8 Å². The van der Waals surface area contributed by atoms with E-state index < -0.39 is 37.0 Å². The van der Waals surface area contributed by atoms with Crippen LogP contribution in [0.3, 0.4) is 0 Å². The van der Waals surface area contributed by atoms with Gasteiger partial charge in [0.2, 0.25) is 0 Å². The molecule has 0 aliphatic rings. The van der Waals surface area contributed by atoms with Crippen LogP contribution >= 0.6 is 11.6 Å². The molecule has 0 aliphatic carbocycles. The van der Waals surface area contributed by atoms with Crippen LogP contribution in [0.25, 0.3) is 11.4 Å². The summed E-state index contributed by atoms with van der Waals surface area (Å²) < 4.78 is 76.8. The zero-order valence-corrected chi connectivity index (χ0v) is 23.0. The number of ether oxygens (including phenoxy) is 2. The molecule has 0 radical (unpaired) electrons. The first-order valence-electron chi connectivity index (χ1n) is 12.5. The van der Waals surface area contributed by atoms with Gasteiger partial charge < -0.3 is 20.1 Å². The Bertz CT molecular complexity index is 1610. The molecule has 2 aromatic heterocycles. The standard InChI is InChI=1S/C26H23ClF5N7O4/c1-15-10-23(39(36-15)17-3-4-19(29)18(27)12-17)34-25(41)20-13-38(37-35-20)21-5-2-16(24(40)33-14-26(30,31)32)11-22(21)43-9-8-42-7-6-28/h2-5,10-13H,6-9,14H2,1H3,(H,33,40)(H,34,41). The van der Waals surface area contributed by atoms with E-state index in [9.17, 15) is 31.5 Å². The van der Waals surface area contributed by atoms with Crippen molar-refractivity contribution in [3.8, 4) is 17.1 Å². The van der Waals surface area contributed by atoms with Crippen LogP contribution < -0.4 is 15.4 Å². The van der Waals surface area contributed by atoms with Crippen LogP contribution in [-0.2, 0) is 4.74 Å². The van der Waals surface area contributed by atoms with E-state index in [1.807, 2.05) is 0 Å². The topological polar surface area (TPSA) is 125 Å². The summed E-state index contributed by atoms with van der Waals surface area (Å²) in [6.45, 7) is -0.837. The van der Waals surface area contributed by atoms with Crippen molar-refractivity contribution in [2.24, 2.45) is 0 Å². The SMILES string of the molecule is Cc1cc(NC(=O)c2cn(-c3ccc(C(=O)NCC(F)(F)F)cc3OCCOCCF)nn2)n(-c2ccc(F)c(Cl)c2)n1. The molecule has 0 atom stereocenters. The molecule has 0 saturated heterocycles. The zero-order chi connectivity index (χ0) is 31.1. The Morgan fingerprint density at radius 3 is 2.56 bits per heavy atom. The molecule has 0 saturated carbocycles. The van der Waals surface area contributed by atoms with Crippen molar-refractivity contribution in [1.29, 1.82) is 0 Å². The number of hydrogen-bond donors (Lipinski definition) is 2. The van der Waals surface area contributed by atoms with Crippen LogP contribution in [0.15, 0.2) is 48.7 Å². The third-order valence-corrected chi connectivity index (χ3v) is 5.86. The molecule has 11 nitrogen and oxygen atoms in total. The highest BCUT2D eigenvalue weighted by Crippen LogP contribution is 2.26. The first kappa shape index (κ1) is 31.4. The fraction of sp³-hybridized carbons (Fsp3) is 0.269. The Hall–Kier alpha value is -4.57. The minimum Gasteiger partial charge on any atom is -0.489 e. The number of carbonyl (C=O) groups is 2. The number of hydrogen-bond acceptors (Lipinski definition) is 7. The van der Waals surface area contributed by atoms with Crippen molar-refractivity contribution in [1.82, 2.24) is 30.1 Å². The van der Waals surface area contributed by atoms with Gasteiger partial charge in [-0.3, -0.25) is 9.59 Å². The van der Waals surface area contributed by atoms with Crippen LogP contribution in [0, 0.1) is 12.7 Å². The van der Waals surface area contributed by atoms with Crippen molar-refractivity contribution >= 4 is 29.2 Å². The number of nitrogens with one attached hydrogen (secondary N) is 2. The lowest BCUT2D eigenvalue weighted by molar-refractivity contribution is -0.123. The summed E-state index contributed by atoms with van der Waals surface area (Å²) in [5.41, 5.74) is 0.819. The van der Waals surface area contributed by atoms with Gasteiger partial charge in [0.05, 0.1) is 35.8 Å². The number of alkyl halides is 4. The number of aryl methyl sites for hydroxylation is 1. The Morgan fingerprint density at radius 1 is 1.05 bits per heavy atom. The van der Waals surface area contributed by atoms with E-state index >= 15 is 0 Å².